The van der Waals surface area contributed by atoms with Crippen LogP contribution in [-0.2, 0) is 12.8 Å². The molecule has 1 aromatic heterocycles. The van der Waals surface area contributed by atoms with Crippen molar-refractivity contribution in [2.45, 2.75) is 32.6 Å². The maximum Gasteiger partial charge on any atom is 0.145 e. The summed E-state index contributed by atoms with van der Waals surface area (Å²) < 4.78 is 0. The van der Waals surface area contributed by atoms with Crippen molar-refractivity contribution < 1.29 is 5.11 Å². The fraction of sp³-hybridized carbons (Fsp3) is 0.357. The number of nitrogen functional groups attached to an aromatic ring is 1. The Morgan fingerprint density at radius 1 is 1.22 bits per heavy atom. The van der Waals surface area contributed by atoms with Gasteiger partial charge in [0.15, 0.2) is 0 Å². The number of hydrogen-bond acceptors (Lipinski definition) is 3. The van der Waals surface area contributed by atoms with Crippen LogP contribution >= 0.6 is 0 Å². The lowest BCUT2D eigenvalue weighted by Crippen LogP contribution is -2.07. The molecular weight excluding hydrogens is 226 g/mol. The highest BCUT2D eigenvalue weighted by Crippen LogP contribution is 2.39. The summed E-state index contributed by atoms with van der Waals surface area (Å²) in [7, 11) is 0. The molecule has 1 aromatic carbocycles. The molecule has 18 heavy (non-hydrogen) atoms. The van der Waals surface area contributed by atoms with Crippen LogP contribution in [0.1, 0.15) is 29.5 Å². The minimum Gasteiger partial charge on any atom is -0.507 e. The normalized spacial score (nSPS) is 14.5. The number of hydrogen-bond donors (Lipinski definition) is 3. The van der Waals surface area contributed by atoms with Gasteiger partial charge in [-0.1, -0.05) is 0 Å². The van der Waals surface area contributed by atoms with E-state index in [0.717, 1.165) is 24.1 Å². The first-order chi connectivity index (χ1) is 8.66. The van der Waals surface area contributed by atoms with Gasteiger partial charge in [0.1, 0.15) is 11.6 Å². The van der Waals surface area contributed by atoms with E-state index in [1.165, 1.54) is 29.5 Å². The van der Waals surface area contributed by atoms with Gasteiger partial charge in [0.2, 0.25) is 0 Å². The molecule has 4 nitrogen and oxygen atoms in total. The summed E-state index contributed by atoms with van der Waals surface area (Å²) in [6, 6.07) is 3.62. The Labute approximate surface area is 106 Å². The summed E-state index contributed by atoms with van der Waals surface area (Å²) in [5, 5.41) is 17.1. The molecule has 1 aliphatic carbocycles. The lowest BCUT2D eigenvalue weighted by molar-refractivity contribution is 0.474. The minimum atomic E-state index is 0.316. The molecule has 0 spiro atoms. The highest BCUT2D eigenvalue weighted by Gasteiger charge is 2.20. The highest BCUT2D eigenvalue weighted by atomic mass is 16.3. The van der Waals surface area contributed by atoms with E-state index >= 15 is 0 Å². The number of nitrogens with one attached hydrogen (secondary N) is 1. The number of aromatic amines is 1. The van der Waals surface area contributed by atoms with Gasteiger partial charge in [-0.25, -0.2) is 0 Å². The van der Waals surface area contributed by atoms with Crippen LogP contribution in [0, 0.1) is 6.92 Å². The lowest BCUT2D eigenvalue weighted by Gasteiger charge is -2.22. The SMILES string of the molecule is Cc1cc(O)c(-c2cc(N)n[nH]2)c2c1CCCC2. The third kappa shape index (κ3) is 1.65. The van der Waals surface area contributed by atoms with E-state index in [2.05, 4.69) is 17.1 Å². The van der Waals surface area contributed by atoms with Gasteiger partial charge in [-0.15, -0.1) is 0 Å². The van der Waals surface area contributed by atoms with Crippen molar-refractivity contribution in [1.29, 1.82) is 0 Å². The second kappa shape index (κ2) is 4.05. The second-order valence-electron chi connectivity index (χ2n) is 4.96. The van der Waals surface area contributed by atoms with E-state index in [-0.39, 0.29) is 0 Å². The standard InChI is InChI=1S/C14H17N3O/c1-8-6-12(18)14(11-7-13(15)17-16-11)10-5-3-2-4-9(8)10/h6-7,18H,2-5H2,1H3,(H3,15,16,17). The van der Waals surface area contributed by atoms with Crippen molar-refractivity contribution >= 4 is 5.82 Å². The smallest absolute Gasteiger partial charge is 0.145 e. The molecule has 0 saturated heterocycles. The maximum absolute atomic E-state index is 10.2. The number of rotatable bonds is 1. The van der Waals surface area contributed by atoms with Gasteiger partial charge in [-0.2, -0.15) is 5.10 Å². The van der Waals surface area contributed by atoms with E-state index in [9.17, 15) is 5.11 Å². The summed E-state index contributed by atoms with van der Waals surface area (Å²) >= 11 is 0. The van der Waals surface area contributed by atoms with Gasteiger partial charge in [0.25, 0.3) is 0 Å². The van der Waals surface area contributed by atoms with E-state index < -0.39 is 0 Å². The number of nitrogens with zero attached hydrogens (tertiary/aromatic N) is 1. The van der Waals surface area contributed by atoms with Crippen molar-refractivity contribution in [2.75, 3.05) is 5.73 Å². The highest BCUT2D eigenvalue weighted by molar-refractivity contribution is 5.75. The molecule has 94 valence electrons. The van der Waals surface area contributed by atoms with Crippen molar-refractivity contribution in [3.05, 3.63) is 28.8 Å². The Bertz CT molecular complexity index is 601. The molecule has 2 aromatic rings. The number of nitrogens with two attached hydrogens (primary N) is 1. The van der Waals surface area contributed by atoms with Crippen molar-refractivity contribution in [2.24, 2.45) is 0 Å². The van der Waals surface area contributed by atoms with Gasteiger partial charge < -0.3 is 10.8 Å². The van der Waals surface area contributed by atoms with Crippen LogP contribution in [0.5, 0.6) is 5.75 Å². The molecule has 0 radical (unpaired) electrons. The molecule has 4 N–H and O–H groups in total. The molecule has 0 amide bonds. The second-order valence-corrected chi connectivity index (χ2v) is 4.96. The number of phenolic OH excluding ortho intramolecular Hbond substituents is 1. The summed E-state index contributed by atoms with van der Waals surface area (Å²) in [5.41, 5.74) is 11.1. The first kappa shape index (κ1) is 11.1. The first-order valence-corrected chi connectivity index (χ1v) is 6.32. The third-order valence-corrected chi connectivity index (χ3v) is 3.72. The molecule has 1 heterocycles. The zero-order chi connectivity index (χ0) is 12.7. The fourth-order valence-electron chi connectivity index (χ4n) is 2.90. The molecule has 0 atom stereocenters. The number of aromatic hydroxyl groups is 1. The number of aromatic nitrogens is 2. The molecule has 0 aliphatic heterocycles. The lowest BCUT2D eigenvalue weighted by atomic mass is 9.84. The van der Waals surface area contributed by atoms with Gasteiger partial charge in [0, 0.05) is 11.6 Å². The zero-order valence-corrected chi connectivity index (χ0v) is 10.5. The van der Waals surface area contributed by atoms with Gasteiger partial charge >= 0.3 is 0 Å². The van der Waals surface area contributed by atoms with Gasteiger partial charge in [-0.05, 0) is 55.4 Å². The van der Waals surface area contributed by atoms with Crippen molar-refractivity contribution in [1.82, 2.24) is 10.2 Å². The number of fused-ring (bicyclic) bond motifs is 1. The van der Waals surface area contributed by atoms with Crippen LogP contribution in [0.15, 0.2) is 12.1 Å². The zero-order valence-electron chi connectivity index (χ0n) is 10.5. The molecule has 0 fully saturated rings. The topological polar surface area (TPSA) is 74.9 Å². The largest absolute Gasteiger partial charge is 0.507 e. The quantitative estimate of drug-likeness (QED) is 0.720. The third-order valence-electron chi connectivity index (χ3n) is 3.72. The Kier molecular flexibility index (Phi) is 2.51. The molecule has 0 bridgehead atoms. The average Bonchev–Trinajstić information content (AvgIpc) is 2.76. The maximum atomic E-state index is 10.2. The summed E-state index contributed by atoms with van der Waals surface area (Å²) in [5.74, 6) is 0.770. The van der Waals surface area contributed by atoms with E-state index in [4.69, 9.17) is 5.73 Å². The summed E-state index contributed by atoms with van der Waals surface area (Å²) in [6.07, 6.45) is 4.51. The predicted molar refractivity (Wildman–Crippen MR) is 71.5 cm³/mol. The predicted octanol–water partition coefficient (Wildman–Crippen LogP) is 2.55. The van der Waals surface area contributed by atoms with Crippen LogP contribution in [0.3, 0.4) is 0 Å². The van der Waals surface area contributed by atoms with Crippen molar-refractivity contribution in [3.8, 4) is 17.0 Å². The number of benzene rings is 1. The van der Waals surface area contributed by atoms with E-state index in [1.807, 2.05) is 6.07 Å². The number of anilines is 1. The molecule has 0 saturated carbocycles. The van der Waals surface area contributed by atoms with Crippen LogP contribution < -0.4 is 5.73 Å². The van der Waals surface area contributed by atoms with E-state index in [0.29, 0.717) is 11.6 Å². The molecule has 1 aliphatic rings. The monoisotopic (exact) mass is 243 g/mol. The molecule has 0 unspecified atom stereocenters. The molecule has 3 rings (SSSR count). The number of H-pyrrole nitrogens is 1. The Hall–Kier alpha value is -1.97. The average molecular weight is 243 g/mol. The Morgan fingerprint density at radius 2 is 1.94 bits per heavy atom. The Balaban J connectivity index is 2.25. The Morgan fingerprint density at radius 3 is 2.61 bits per heavy atom. The van der Waals surface area contributed by atoms with Crippen LogP contribution in [0.2, 0.25) is 0 Å². The van der Waals surface area contributed by atoms with Crippen LogP contribution in [-0.4, -0.2) is 15.3 Å². The van der Waals surface area contributed by atoms with Gasteiger partial charge in [0.05, 0.1) is 5.69 Å². The number of aryl methyl sites for hydroxylation is 1. The molecular formula is C14H17N3O. The van der Waals surface area contributed by atoms with Gasteiger partial charge in [-0.3, -0.25) is 5.10 Å². The number of phenols is 1. The first-order valence-electron chi connectivity index (χ1n) is 6.32. The molecule has 4 heteroatoms. The summed E-state index contributed by atoms with van der Waals surface area (Å²) in [6.45, 7) is 2.06. The van der Waals surface area contributed by atoms with E-state index in [1.54, 1.807) is 6.07 Å². The van der Waals surface area contributed by atoms with Crippen LogP contribution in [0.25, 0.3) is 11.3 Å². The minimum absolute atomic E-state index is 0.316. The summed E-state index contributed by atoms with van der Waals surface area (Å²) in [4.78, 5) is 0. The fourth-order valence-corrected chi connectivity index (χ4v) is 2.90. The van der Waals surface area contributed by atoms with Crippen molar-refractivity contribution in [3.63, 3.8) is 0 Å². The van der Waals surface area contributed by atoms with Crippen LogP contribution in [0.4, 0.5) is 5.82 Å².